The summed E-state index contributed by atoms with van der Waals surface area (Å²) < 4.78 is 23.5. The van der Waals surface area contributed by atoms with Crippen molar-refractivity contribution in [1.82, 2.24) is 5.32 Å². The molecule has 1 atom stereocenters. The molecule has 6 heteroatoms. The summed E-state index contributed by atoms with van der Waals surface area (Å²) in [5.74, 6) is 3.63. The first-order valence-electron chi connectivity index (χ1n) is 10.2. The van der Waals surface area contributed by atoms with Crippen LogP contribution in [0.25, 0.3) is 0 Å². The van der Waals surface area contributed by atoms with Gasteiger partial charge in [0, 0.05) is 16.2 Å². The van der Waals surface area contributed by atoms with E-state index < -0.39 is 9.84 Å². The van der Waals surface area contributed by atoms with E-state index in [-0.39, 0.29) is 22.7 Å². The molecule has 0 radical (unpaired) electrons. The van der Waals surface area contributed by atoms with Gasteiger partial charge in [-0.1, -0.05) is 12.1 Å². The molecular weight excluding hydrogens is 378 g/mol. The summed E-state index contributed by atoms with van der Waals surface area (Å²) in [5.41, 5.74) is 0.709. The summed E-state index contributed by atoms with van der Waals surface area (Å²) in [4.78, 5) is 14.0. The lowest BCUT2D eigenvalue weighted by Crippen LogP contribution is -2.55. The highest BCUT2D eigenvalue weighted by molar-refractivity contribution is 8.02. The normalized spacial score (nSPS) is 38.8. The van der Waals surface area contributed by atoms with Crippen molar-refractivity contribution in [2.75, 3.05) is 11.5 Å². The molecule has 4 bridgehead atoms. The van der Waals surface area contributed by atoms with Crippen molar-refractivity contribution in [3.05, 3.63) is 29.8 Å². The Morgan fingerprint density at radius 3 is 2.30 bits per heavy atom. The first-order valence-corrected chi connectivity index (χ1v) is 12.9. The second kappa shape index (κ2) is 6.80. The summed E-state index contributed by atoms with van der Waals surface area (Å²) in [7, 11) is -2.90. The molecule has 1 unspecified atom stereocenters. The van der Waals surface area contributed by atoms with E-state index in [0.717, 1.165) is 16.7 Å². The van der Waals surface area contributed by atoms with Crippen molar-refractivity contribution in [3.63, 3.8) is 0 Å². The molecule has 4 nitrogen and oxygen atoms in total. The highest BCUT2D eigenvalue weighted by Gasteiger charge is 2.48. The van der Waals surface area contributed by atoms with E-state index in [1.807, 2.05) is 24.3 Å². The lowest BCUT2D eigenvalue weighted by atomic mass is 9.54. The summed E-state index contributed by atoms with van der Waals surface area (Å²) in [6, 6.07) is 8.01. The Balaban J connectivity index is 1.31. The van der Waals surface area contributed by atoms with E-state index in [4.69, 9.17) is 0 Å². The largest absolute Gasteiger partial charge is 0.349 e. The van der Waals surface area contributed by atoms with Crippen LogP contribution in [0.3, 0.4) is 0 Å². The minimum absolute atomic E-state index is 0.0245. The molecule has 5 aliphatic rings. The number of nitrogens with one attached hydrogen (secondary N) is 1. The molecule has 1 N–H and O–H groups in total. The molecule has 5 fully saturated rings. The van der Waals surface area contributed by atoms with Gasteiger partial charge < -0.3 is 5.32 Å². The van der Waals surface area contributed by atoms with Gasteiger partial charge in [-0.2, -0.15) is 0 Å². The van der Waals surface area contributed by atoms with E-state index in [1.54, 1.807) is 11.8 Å². The Hall–Kier alpha value is -1.01. The minimum atomic E-state index is -2.90. The van der Waals surface area contributed by atoms with E-state index in [9.17, 15) is 13.2 Å². The third-order valence-electron chi connectivity index (χ3n) is 7.14. The number of carbonyl (C=O) groups excluding carboxylic acids is 1. The van der Waals surface area contributed by atoms with Crippen molar-refractivity contribution in [3.8, 4) is 0 Å². The summed E-state index contributed by atoms with van der Waals surface area (Å²) >= 11 is 1.56. The Morgan fingerprint density at radius 2 is 1.67 bits per heavy atom. The standard InChI is InChI=1S/C21H27NO3S2/c23-21(22-20-15-8-13-7-14(10-15)11-16(20)9-13)18-3-1-2-4-19(18)26-17-5-6-27(24,25)12-17/h1-4,13-17,20H,5-12H2,(H,22,23). The summed E-state index contributed by atoms with van der Waals surface area (Å²) in [6.45, 7) is 0. The predicted octanol–water partition coefficient (Wildman–Crippen LogP) is 3.52. The smallest absolute Gasteiger partial charge is 0.252 e. The first kappa shape index (κ1) is 18.0. The Bertz CT molecular complexity index is 823. The van der Waals surface area contributed by atoms with Gasteiger partial charge in [0.1, 0.15) is 0 Å². The molecule has 4 aliphatic carbocycles. The minimum Gasteiger partial charge on any atom is -0.349 e. The van der Waals surface area contributed by atoms with E-state index in [0.29, 0.717) is 29.9 Å². The zero-order chi connectivity index (χ0) is 18.6. The van der Waals surface area contributed by atoms with E-state index >= 15 is 0 Å². The van der Waals surface area contributed by atoms with Crippen LogP contribution < -0.4 is 5.32 Å². The zero-order valence-corrected chi connectivity index (χ0v) is 17.1. The molecule has 1 aromatic rings. The zero-order valence-electron chi connectivity index (χ0n) is 15.5. The number of hydrogen-bond acceptors (Lipinski definition) is 4. The van der Waals surface area contributed by atoms with Crippen LogP contribution >= 0.6 is 11.8 Å². The average molecular weight is 406 g/mol. The molecule has 27 heavy (non-hydrogen) atoms. The Labute approximate surface area is 165 Å². The highest BCUT2D eigenvalue weighted by Crippen LogP contribution is 2.53. The first-order chi connectivity index (χ1) is 13.0. The Morgan fingerprint density at radius 1 is 1.00 bits per heavy atom. The third kappa shape index (κ3) is 3.55. The topological polar surface area (TPSA) is 63.2 Å². The van der Waals surface area contributed by atoms with Crippen molar-refractivity contribution in [2.45, 2.75) is 54.7 Å². The number of carbonyl (C=O) groups is 1. The van der Waals surface area contributed by atoms with Gasteiger partial charge in [-0.3, -0.25) is 4.79 Å². The Kier molecular flexibility index (Phi) is 4.54. The molecule has 1 heterocycles. The second-order valence-electron chi connectivity index (χ2n) is 9.07. The van der Waals surface area contributed by atoms with Gasteiger partial charge in [0.2, 0.25) is 0 Å². The predicted molar refractivity (Wildman–Crippen MR) is 108 cm³/mol. The maximum absolute atomic E-state index is 13.1. The second-order valence-corrected chi connectivity index (χ2v) is 12.6. The SMILES string of the molecule is O=C(NC1C2CC3CC(C2)CC1C3)c1ccccc1SC1CCS(=O)(=O)C1. The lowest BCUT2D eigenvalue weighted by molar-refractivity contribution is -0.0120. The molecule has 0 aromatic heterocycles. The van der Waals surface area contributed by atoms with Gasteiger partial charge in [-0.25, -0.2) is 8.42 Å². The van der Waals surface area contributed by atoms with Crippen molar-refractivity contribution in [2.24, 2.45) is 23.7 Å². The number of benzene rings is 1. The van der Waals surface area contributed by atoms with Crippen LogP contribution in [0, 0.1) is 23.7 Å². The molecular formula is C21H27NO3S2. The van der Waals surface area contributed by atoms with E-state index in [2.05, 4.69) is 5.32 Å². The molecule has 1 aromatic carbocycles. The van der Waals surface area contributed by atoms with Crippen LogP contribution in [-0.4, -0.2) is 37.1 Å². The quantitative estimate of drug-likeness (QED) is 0.832. The number of rotatable bonds is 4. The number of hydrogen-bond donors (Lipinski definition) is 1. The summed E-state index contributed by atoms with van der Waals surface area (Å²) in [6.07, 6.45) is 7.24. The van der Waals surface area contributed by atoms with Crippen LogP contribution in [0.1, 0.15) is 48.9 Å². The van der Waals surface area contributed by atoms with Gasteiger partial charge in [-0.05, 0) is 74.3 Å². The van der Waals surface area contributed by atoms with Gasteiger partial charge in [0.15, 0.2) is 9.84 Å². The maximum atomic E-state index is 13.1. The number of thioether (sulfide) groups is 1. The van der Waals surface area contributed by atoms with Gasteiger partial charge in [0.25, 0.3) is 5.91 Å². The van der Waals surface area contributed by atoms with Crippen LogP contribution in [0.15, 0.2) is 29.2 Å². The number of sulfone groups is 1. The fraction of sp³-hybridized carbons (Fsp3) is 0.667. The van der Waals surface area contributed by atoms with Crippen LogP contribution in [0.5, 0.6) is 0 Å². The van der Waals surface area contributed by atoms with Gasteiger partial charge >= 0.3 is 0 Å². The summed E-state index contributed by atoms with van der Waals surface area (Å²) in [5, 5.41) is 3.45. The third-order valence-corrected chi connectivity index (χ3v) is 10.5. The fourth-order valence-corrected chi connectivity index (χ4v) is 9.81. The van der Waals surface area contributed by atoms with Crippen LogP contribution in [0.4, 0.5) is 0 Å². The van der Waals surface area contributed by atoms with Crippen molar-refractivity contribution >= 4 is 27.5 Å². The van der Waals surface area contributed by atoms with Gasteiger partial charge in [0.05, 0.1) is 17.1 Å². The fourth-order valence-electron chi connectivity index (χ4n) is 6.18. The molecule has 1 amide bonds. The van der Waals surface area contributed by atoms with E-state index in [1.165, 1.54) is 32.1 Å². The van der Waals surface area contributed by atoms with Gasteiger partial charge in [-0.15, -0.1) is 11.8 Å². The molecule has 1 aliphatic heterocycles. The average Bonchev–Trinajstić information content (AvgIpc) is 2.96. The molecule has 6 rings (SSSR count). The monoisotopic (exact) mass is 405 g/mol. The lowest BCUT2D eigenvalue weighted by Gasteiger charge is -2.54. The molecule has 146 valence electrons. The molecule has 1 saturated heterocycles. The van der Waals surface area contributed by atoms with Crippen LogP contribution in [0.2, 0.25) is 0 Å². The number of amides is 1. The highest BCUT2D eigenvalue weighted by atomic mass is 32.2. The maximum Gasteiger partial charge on any atom is 0.252 e. The van der Waals surface area contributed by atoms with Crippen molar-refractivity contribution < 1.29 is 13.2 Å². The molecule has 0 spiro atoms. The van der Waals surface area contributed by atoms with Crippen LogP contribution in [-0.2, 0) is 9.84 Å². The molecule has 4 saturated carbocycles. The van der Waals surface area contributed by atoms with Crippen molar-refractivity contribution in [1.29, 1.82) is 0 Å².